The van der Waals surface area contributed by atoms with Gasteiger partial charge in [0.25, 0.3) is 5.91 Å². The number of aromatic nitrogens is 1. The van der Waals surface area contributed by atoms with Crippen LogP contribution in [0.4, 0.5) is 0 Å². The van der Waals surface area contributed by atoms with E-state index in [4.69, 9.17) is 0 Å². The molecule has 0 radical (unpaired) electrons. The number of amides is 1. The number of nitrogens with zero attached hydrogens (tertiary/aromatic N) is 2. The first-order chi connectivity index (χ1) is 7.88. The van der Waals surface area contributed by atoms with Crippen LogP contribution in [0, 0.1) is 0 Å². The molecule has 1 amide bonds. The second-order valence-electron chi connectivity index (χ2n) is 4.71. The van der Waals surface area contributed by atoms with Crippen molar-refractivity contribution in [1.82, 2.24) is 9.88 Å². The number of pyridine rings is 1. The van der Waals surface area contributed by atoms with Crippen LogP contribution in [0.5, 0.6) is 0 Å². The molecule has 0 fully saturated rings. The van der Waals surface area contributed by atoms with Crippen LogP contribution < -0.4 is 0 Å². The molecule has 1 rings (SSSR count). The van der Waals surface area contributed by atoms with Crippen molar-refractivity contribution < 1.29 is 4.79 Å². The van der Waals surface area contributed by atoms with Gasteiger partial charge >= 0.3 is 0 Å². The molecule has 0 saturated carbocycles. The number of halogens is 1. The number of carbonyl (C=O) groups excluding carboxylic acids is 1. The van der Waals surface area contributed by atoms with Crippen molar-refractivity contribution in [2.45, 2.75) is 26.3 Å². The highest BCUT2D eigenvalue weighted by atomic mass is 79.9. The van der Waals surface area contributed by atoms with Gasteiger partial charge in [-0.25, -0.2) is 4.98 Å². The summed E-state index contributed by atoms with van der Waals surface area (Å²) >= 11 is 3.35. The Kier molecular flexibility index (Phi) is 4.46. The average molecular weight is 297 g/mol. The molecule has 0 saturated heterocycles. The Balaban J connectivity index is 3.09. The van der Waals surface area contributed by atoms with Crippen LogP contribution >= 0.6 is 15.9 Å². The molecule has 4 heteroatoms. The van der Waals surface area contributed by atoms with E-state index < -0.39 is 0 Å². The molecule has 0 aliphatic rings. The molecule has 0 atom stereocenters. The van der Waals surface area contributed by atoms with Gasteiger partial charge in [0, 0.05) is 22.8 Å². The smallest absolute Gasteiger partial charge is 0.274 e. The Hall–Kier alpha value is -1.16. The summed E-state index contributed by atoms with van der Waals surface area (Å²) in [5, 5.41) is 0. The van der Waals surface area contributed by atoms with Crippen molar-refractivity contribution in [3.8, 4) is 0 Å². The molecule has 1 aromatic heterocycles. The molecule has 1 aromatic rings. The highest BCUT2D eigenvalue weighted by molar-refractivity contribution is 9.10. The van der Waals surface area contributed by atoms with Crippen LogP contribution in [0.1, 0.15) is 31.3 Å². The maximum Gasteiger partial charge on any atom is 0.274 e. The first kappa shape index (κ1) is 13.9. The summed E-state index contributed by atoms with van der Waals surface area (Å²) in [6.07, 6.45) is 3.34. The van der Waals surface area contributed by atoms with Crippen molar-refractivity contribution in [3.05, 3.63) is 41.2 Å². The van der Waals surface area contributed by atoms with E-state index in [-0.39, 0.29) is 11.4 Å². The topological polar surface area (TPSA) is 33.2 Å². The van der Waals surface area contributed by atoms with Crippen LogP contribution in [-0.4, -0.2) is 27.9 Å². The second kappa shape index (κ2) is 5.45. The molecular weight excluding hydrogens is 280 g/mol. The molecule has 1 heterocycles. The first-order valence-corrected chi connectivity index (χ1v) is 6.20. The SMILES string of the molecule is C=CCN(C(=O)c1ncccc1Br)C(C)(C)C. The molecule has 0 aromatic carbocycles. The number of hydrogen-bond donors (Lipinski definition) is 0. The maximum absolute atomic E-state index is 12.4. The Bertz CT molecular complexity index is 424. The third-order valence-corrected chi connectivity index (χ3v) is 2.97. The third kappa shape index (κ3) is 3.40. The number of carbonyl (C=O) groups is 1. The van der Waals surface area contributed by atoms with E-state index in [0.717, 1.165) is 0 Å². The van der Waals surface area contributed by atoms with Crippen molar-refractivity contribution in [2.24, 2.45) is 0 Å². The third-order valence-electron chi connectivity index (χ3n) is 2.33. The van der Waals surface area contributed by atoms with Crippen LogP contribution in [0.3, 0.4) is 0 Å². The summed E-state index contributed by atoms with van der Waals surface area (Å²) in [5.41, 5.74) is 0.173. The molecule has 0 spiro atoms. The molecular formula is C13H17BrN2O. The minimum atomic E-state index is -0.262. The van der Waals surface area contributed by atoms with E-state index in [2.05, 4.69) is 27.5 Å². The van der Waals surface area contributed by atoms with Crippen LogP contribution in [-0.2, 0) is 0 Å². The fourth-order valence-electron chi connectivity index (χ4n) is 1.46. The molecule has 0 aliphatic carbocycles. The van der Waals surface area contributed by atoms with Gasteiger partial charge in [-0.1, -0.05) is 6.08 Å². The lowest BCUT2D eigenvalue weighted by atomic mass is 10.1. The average Bonchev–Trinajstić information content (AvgIpc) is 2.24. The summed E-state index contributed by atoms with van der Waals surface area (Å²) in [6, 6.07) is 3.60. The van der Waals surface area contributed by atoms with Crippen molar-refractivity contribution in [2.75, 3.05) is 6.54 Å². The Morgan fingerprint density at radius 3 is 2.71 bits per heavy atom. The standard InChI is InChI=1S/C13H17BrN2O/c1-5-9-16(13(2,3)4)12(17)11-10(14)7-6-8-15-11/h5-8H,1,9H2,2-4H3. The lowest BCUT2D eigenvalue weighted by Crippen LogP contribution is -2.46. The first-order valence-electron chi connectivity index (χ1n) is 5.41. The van der Waals surface area contributed by atoms with Crippen LogP contribution in [0.25, 0.3) is 0 Å². The molecule has 0 N–H and O–H groups in total. The zero-order valence-electron chi connectivity index (χ0n) is 10.4. The largest absolute Gasteiger partial charge is 0.329 e. The zero-order chi connectivity index (χ0) is 13.1. The lowest BCUT2D eigenvalue weighted by molar-refractivity contribution is 0.0609. The summed E-state index contributed by atoms with van der Waals surface area (Å²) in [6.45, 7) is 10.2. The van der Waals surface area contributed by atoms with Crippen molar-refractivity contribution >= 4 is 21.8 Å². The van der Waals surface area contributed by atoms with E-state index in [9.17, 15) is 4.79 Å². The van der Waals surface area contributed by atoms with E-state index in [1.807, 2.05) is 26.8 Å². The fourth-order valence-corrected chi connectivity index (χ4v) is 1.89. The van der Waals surface area contributed by atoms with E-state index >= 15 is 0 Å². The van der Waals surface area contributed by atoms with Gasteiger partial charge in [-0.05, 0) is 48.8 Å². The van der Waals surface area contributed by atoms with Gasteiger partial charge in [-0.2, -0.15) is 0 Å². The molecule has 3 nitrogen and oxygen atoms in total. The predicted molar refractivity (Wildman–Crippen MR) is 72.9 cm³/mol. The molecule has 0 aliphatic heterocycles. The number of rotatable bonds is 3. The molecule has 0 unspecified atom stereocenters. The van der Waals surface area contributed by atoms with Crippen LogP contribution in [0.15, 0.2) is 35.5 Å². The predicted octanol–water partition coefficient (Wildman–Crippen LogP) is 3.27. The zero-order valence-corrected chi connectivity index (χ0v) is 12.0. The molecule has 92 valence electrons. The summed E-state index contributed by atoms with van der Waals surface area (Å²) in [7, 11) is 0. The molecule has 17 heavy (non-hydrogen) atoms. The van der Waals surface area contributed by atoms with Gasteiger partial charge < -0.3 is 4.90 Å². The summed E-state index contributed by atoms with van der Waals surface area (Å²) in [4.78, 5) is 18.3. The van der Waals surface area contributed by atoms with Gasteiger partial charge in [0.2, 0.25) is 0 Å². The summed E-state index contributed by atoms with van der Waals surface area (Å²) < 4.78 is 0.711. The molecule has 0 bridgehead atoms. The quantitative estimate of drug-likeness (QED) is 0.802. The Morgan fingerprint density at radius 1 is 1.59 bits per heavy atom. The van der Waals surface area contributed by atoms with Gasteiger partial charge in [0.05, 0.1) is 0 Å². The van der Waals surface area contributed by atoms with Gasteiger partial charge in [-0.3, -0.25) is 4.79 Å². The Morgan fingerprint density at radius 2 is 2.24 bits per heavy atom. The van der Waals surface area contributed by atoms with Crippen molar-refractivity contribution in [3.63, 3.8) is 0 Å². The minimum Gasteiger partial charge on any atom is -0.329 e. The maximum atomic E-state index is 12.4. The fraction of sp³-hybridized carbons (Fsp3) is 0.385. The van der Waals surface area contributed by atoms with Gasteiger partial charge in [0.1, 0.15) is 5.69 Å². The summed E-state index contributed by atoms with van der Waals surface area (Å²) in [5.74, 6) is -0.0927. The van der Waals surface area contributed by atoms with Crippen molar-refractivity contribution in [1.29, 1.82) is 0 Å². The van der Waals surface area contributed by atoms with Gasteiger partial charge in [-0.15, -0.1) is 6.58 Å². The van der Waals surface area contributed by atoms with Crippen LogP contribution in [0.2, 0.25) is 0 Å². The van der Waals surface area contributed by atoms with E-state index in [1.54, 1.807) is 23.2 Å². The monoisotopic (exact) mass is 296 g/mol. The van der Waals surface area contributed by atoms with E-state index in [1.165, 1.54) is 0 Å². The lowest BCUT2D eigenvalue weighted by Gasteiger charge is -2.34. The Labute approximate surface area is 111 Å². The highest BCUT2D eigenvalue weighted by Crippen LogP contribution is 2.20. The van der Waals surface area contributed by atoms with Gasteiger partial charge in [0.15, 0.2) is 0 Å². The second-order valence-corrected chi connectivity index (χ2v) is 5.56. The number of hydrogen-bond acceptors (Lipinski definition) is 2. The highest BCUT2D eigenvalue weighted by Gasteiger charge is 2.28. The van der Waals surface area contributed by atoms with E-state index in [0.29, 0.717) is 16.7 Å². The minimum absolute atomic E-state index is 0.0927. The normalized spacial score (nSPS) is 11.1.